The maximum atomic E-state index is 10.5. The summed E-state index contributed by atoms with van der Waals surface area (Å²) in [6, 6.07) is 0.471. The molecule has 98 valence electrons. The van der Waals surface area contributed by atoms with Crippen LogP contribution < -0.4 is 5.32 Å². The number of hydrogen-bond acceptors (Lipinski definition) is 4. The second-order valence-corrected chi connectivity index (χ2v) is 5.11. The number of carbonyl (C=O) groups is 1. The zero-order valence-electron chi connectivity index (χ0n) is 10.3. The van der Waals surface area contributed by atoms with Crippen molar-refractivity contribution in [2.24, 2.45) is 0 Å². The molecule has 2 aliphatic heterocycles. The highest BCUT2D eigenvalue weighted by Crippen LogP contribution is 2.31. The lowest BCUT2D eigenvalue weighted by atomic mass is 10.1. The van der Waals surface area contributed by atoms with Crippen molar-refractivity contribution in [1.29, 1.82) is 0 Å². The van der Waals surface area contributed by atoms with Crippen molar-refractivity contribution in [2.45, 2.75) is 57.0 Å². The molecule has 3 unspecified atom stereocenters. The second-order valence-electron chi connectivity index (χ2n) is 5.11. The third-order valence-electron chi connectivity index (χ3n) is 3.45. The molecule has 2 saturated heterocycles. The van der Waals surface area contributed by atoms with Crippen LogP contribution in [0.4, 0.5) is 0 Å². The molecule has 5 nitrogen and oxygen atoms in total. The van der Waals surface area contributed by atoms with Crippen LogP contribution in [0.5, 0.6) is 0 Å². The predicted molar refractivity (Wildman–Crippen MR) is 61.7 cm³/mol. The van der Waals surface area contributed by atoms with Crippen LogP contribution in [0.2, 0.25) is 0 Å². The molecule has 2 heterocycles. The predicted octanol–water partition coefficient (Wildman–Crippen LogP) is 1.12. The van der Waals surface area contributed by atoms with Gasteiger partial charge >= 0.3 is 5.97 Å². The van der Waals surface area contributed by atoms with Gasteiger partial charge in [-0.2, -0.15) is 0 Å². The number of carboxylic acid groups (broad SMARTS) is 1. The first-order chi connectivity index (χ1) is 8.07. The van der Waals surface area contributed by atoms with Gasteiger partial charge in [0.2, 0.25) is 0 Å². The summed E-state index contributed by atoms with van der Waals surface area (Å²) < 4.78 is 11.5. The van der Waals surface area contributed by atoms with Gasteiger partial charge in [-0.1, -0.05) is 0 Å². The fraction of sp³-hybridized carbons (Fsp3) is 0.917. The van der Waals surface area contributed by atoms with Crippen LogP contribution in [-0.4, -0.2) is 42.2 Å². The molecule has 5 heteroatoms. The summed E-state index contributed by atoms with van der Waals surface area (Å²) in [5.74, 6) is -1.31. The molecule has 0 amide bonds. The third kappa shape index (κ3) is 3.66. The Balaban J connectivity index is 1.76. The number of nitrogens with one attached hydrogen (secondary N) is 1. The molecular formula is C12H21NO4. The number of rotatable bonds is 5. The minimum absolute atomic E-state index is 0.0718. The molecule has 17 heavy (non-hydrogen) atoms. The highest BCUT2D eigenvalue weighted by atomic mass is 16.7. The summed E-state index contributed by atoms with van der Waals surface area (Å²) >= 11 is 0. The average Bonchev–Trinajstić information content (AvgIpc) is 2.86. The standard InChI is InChI=1S/C12H21NO4/c1-12(7-9-3-2-6-13-9)16-8-10(17-12)4-5-11(14)15/h9-10,13H,2-8H2,1H3,(H,14,15). The Morgan fingerprint density at radius 3 is 3.06 bits per heavy atom. The van der Waals surface area contributed by atoms with Gasteiger partial charge in [0.05, 0.1) is 12.7 Å². The van der Waals surface area contributed by atoms with Crippen LogP contribution in [-0.2, 0) is 14.3 Å². The Labute approximate surface area is 101 Å². The monoisotopic (exact) mass is 243 g/mol. The van der Waals surface area contributed by atoms with Gasteiger partial charge in [-0.3, -0.25) is 4.79 Å². The second kappa shape index (κ2) is 5.33. The lowest BCUT2D eigenvalue weighted by molar-refractivity contribution is -0.163. The zero-order chi connectivity index (χ0) is 12.3. The minimum Gasteiger partial charge on any atom is -0.481 e. The lowest BCUT2D eigenvalue weighted by Crippen LogP contribution is -2.36. The smallest absolute Gasteiger partial charge is 0.303 e. The summed E-state index contributed by atoms with van der Waals surface area (Å²) in [6.45, 7) is 3.54. The number of carboxylic acids is 1. The van der Waals surface area contributed by atoms with Gasteiger partial charge in [-0.15, -0.1) is 0 Å². The van der Waals surface area contributed by atoms with Crippen molar-refractivity contribution >= 4 is 5.97 Å². The summed E-state index contributed by atoms with van der Waals surface area (Å²) in [5, 5.41) is 12.0. The number of ether oxygens (including phenoxy) is 2. The highest BCUT2D eigenvalue weighted by Gasteiger charge is 2.39. The van der Waals surface area contributed by atoms with Crippen molar-refractivity contribution in [1.82, 2.24) is 5.32 Å². The van der Waals surface area contributed by atoms with Crippen LogP contribution >= 0.6 is 0 Å². The SMILES string of the molecule is CC1(CC2CCCN2)OCC(CCC(=O)O)O1. The number of hydrogen-bond donors (Lipinski definition) is 2. The van der Waals surface area contributed by atoms with E-state index in [9.17, 15) is 4.79 Å². The molecule has 0 aromatic rings. The largest absolute Gasteiger partial charge is 0.481 e. The van der Waals surface area contributed by atoms with Gasteiger partial charge in [-0.25, -0.2) is 0 Å². The normalized spacial score (nSPS) is 37.5. The van der Waals surface area contributed by atoms with Gasteiger partial charge in [0, 0.05) is 18.9 Å². The zero-order valence-corrected chi connectivity index (χ0v) is 10.3. The van der Waals surface area contributed by atoms with E-state index in [2.05, 4.69) is 5.32 Å². The first kappa shape index (κ1) is 12.8. The van der Waals surface area contributed by atoms with E-state index in [1.807, 2.05) is 6.92 Å². The van der Waals surface area contributed by atoms with Crippen LogP contribution in [0.15, 0.2) is 0 Å². The molecule has 3 atom stereocenters. The van der Waals surface area contributed by atoms with Gasteiger partial charge in [0.15, 0.2) is 5.79 Å². The fourth-order valence-corrected chi connectivity index (χ4v) is 2.60. The summed E-state index contributed by atoms with van der Waals surface area (Å²) in [4.78, 5) is 10.5. The van der Waals surface area contributed by atoms with E-state index in [-0.39, 0.29) is 12.5 Å². The maximum Gasteiger partial charge on any atom is 0.303 e. The van der Waals surface area contributed by atoms with Crippen molar-refractivity contribution in [2.75, 3.05) is 13.2 Å². The highest BCUT2D eigenvalue weighted by molar-refractivity contribution is 5.66. The molecule has 2 rings (SSSR count). The Morgan fingerprint density at radius 1 is 1.59 bits per heavy atom. The Morgan fingerprint density at radius 2 is 2.41 bits per heavy atom. The quantitative estimate of drug-likeness (QED) is 0.757. The number of aliphatic carboxylic acids is 1. The van der Waals surface area contributed by atoms with Crippen molar-refractivity contribution < 1.29 is 19.4 Å². The lowest BCUT2D eigenvalue weighted by Gasteiger charge is -2.26. The van der Waals surface area contributed by atoms with E-state index in [0.717, 1.165) is 13.0 Å². The Hall–Kier alpha value is -0.650. The van der Waals surface area contributed by atoms with Gasteiger partial charge in [-0.05, 0) is 32.7 Å². The third-order valence-corrected chi connectivity index (χ3v) is 3.45. The average molecular weight is 243 g/mol. The molecular weight excluding hydrogens is 222 g/mol. The van der Waals surface area contributed by atoms with Crippen LogP contribution in [0.3, 0.4) is 0 Å². The first-order valence-electron chi connectivity index (χ1n) is 6.34. The first-order valence-corrected chi connectivity index (χ1v) is 6.34. The van der Waals surface area contributed by atoms with E-state index in [0.29, 0.717) is 19.1 Å². The van der Waals surface area contributed by atoms with Crippen LogP contribution in [0.1, 0.15) is 39.0 Å². The molecule has 0 radical (unpaired) electrons. The molecule has 2 fully saturated rings. The van der Waals surface area contributed by atoms with E-state index >= 15 is 0 Å². The molecule has 0 aromatic carbocycles. The summed E-state index contributed by atoms with van der Waals surface area (Å²) in [5.41, 5.74) is 0. The molecule has 0 aliphatic carbocycles. The molecule has 2 N–H and O–H groups in total. The van der Waals surface area contributed by atoms with Crippen LogP contribution in [0.25, 0.3) is 0 Å². The van der Waals surface area contributed by atoms with Crippen molar-refractivity contribution in [3.63, 3.8) is 0 Å². The van der Waals surface area contributed by atoms with Crippen molar-refractivity contribution in [3.05, 3.63) is 0 Å². The molecule has 0 aromatic heterocycles. The van der Waals surface area contributed by atoms with E-state index in [1.165, 1.54) is 12.8 Å². The van der Waals surface area contributed by atoms with Gasteiger partial charge in [0.25, 0.3) is 0 Å². The van der Waals surface area contributed by atoms with Gasteiger partial charge < -0.3 is 19.9 Å². The van der Waals surface area contributed by atoms with Gasteiger partial charge in [0.1, 0.15) is 0 Å². The molecule has 0 saturated carbocycles. The van der Waals surface area contributed by atoms with E-state index < -0.39 is 11.8 Å². The molecule has 2 aliphatic rings. The summed E-state index contributed by atoms with van der Waals surface area (Å²) in [7, 11) is 0. The molecule has 0 spiro atoms. The Bertz CT molecular complexity index is 278. The summed E-state index contributed by atoms with van der Waals surface area (Å²) in [6.07, 6.45) is 3.83. The maximum absolute atomic E-state index is 10.5. The topological polar surface area (TPSA) is 67.8 Å². The minimum atomic E-state index is -0.778. The molecule has 0 bridgehead atoms. The van der Waals surface area contributed by atoms with E-state index in [1.54, 1.807) is 0 Å². The Kier molecular flexibility index (Phi) is 4.01. The van der Waals surface area contributed by atoms with Crippen molar-refractivity contribution in [3.8, 4) is 0 Å². The fourth-order valence-electron chi connectivity index (χ4n) is 2.60. The van der Waals surface area contributed by atoms with E-state index in [4.69, 9.17) is 14.6 Å². The van der Waals surface area contributed by atoms with Crippen LogP contribution in [0, 0.1) is 0 Å².